The minimum atomic E-state index is -0.258. The Kier molecular flexibility index (Phi) is 4.89. The molecule has 7 heteroatoms. The molecule has 0 bridgehead atoms. The summed E-state index contributed by atoms with van der Waals surface area (Å²) in [5, 5.41) is 1.23. The zero-order valence-electron chi connectivity index (χ0n) is 13.2. The van der Waals surface area contributed by atoms with Crippen molar-refractivity contribution in [2.75, 3.05) is 19.0 Å². The van der Waals surface area contributed by atoms with E-state index in [9.17, 15) is 4.79 Å². The number of hydrogen-bond donors (Lipinski definition) is 0. The topological polar surface area (TPSA) is 53.4 Å². The van der Waals surface area contributed by atoms with Gasteiger partial charge in [0.05, 0.1) is 35.6 Å². The van der Waals surface area contributed by atoms with Gasteiger partial charge in [0.1, 0.15) is 0 Å². The fourth-order valence-corrected chi connectivity index (χ4v) is 3.90. The Balaban J connectivity index is 1.81. The second-order valence-corrected chi connectivity index (χ2v) is 7.41. The molecule has 0 saturated carbocycles. The molecule has 1 fully saturated rings. The molecule has 4 rings (SSSR count). The van der Waals surface area contributed by atoms with Crippen LogP contribution in [-0.4, -0.2) is 34.8 Å². The maximum Gasteiger partial charge on any atom is 0.266 e. The molecule has 128 valence electrons. The molecular formula is C18H15BrN2O3S. The van der Waals surface area contributed by atoms with E-state index in [1.54, 1.807) is 10.6 Å². The highest BCUT2D eigenvalue weighted by molar-refractivity contribution is 9.10. The van der Waals surface area contributed by atoms with Gasteiger partial charge in [-0.15, -0.1) is 0 Å². The zero-order valence-corrected chi connectivity index (χ0v) is 15.6. The van der Waals surface area contributed by atoms with Crippen LogP contribution in [0.4, 0.5) is 0 Å². The van der Waals surface area contributed by atoms with E-state index in [0.29, 0.717) is 35.0 Å². The number of para-hydroxylation sites is 1. The number of hydrogen-bond acceptors (Lipinski definition) is 5. The third kappa shape index (κ3) is 3.50. The smallest absolute Gasteiger partial charge is 0.266 e. The van der Waals surface area contributed by atoms with E-state index in [1.807, 2.05) is 42.5 Å². The summed E-state index contributed by atoms with van der Waals surface area (Å²) < 4.78 is 13.6. The van der Waals surface area contributed by atoms with Gasteiger partial charge >= 0.3 is 0 Å². The highest BCUT2D eigenvalue weighted by atomic mass is 79.9. The van der Waals surface area contributed by atoms with Crippen LogP contribution in [0.1, 0.15) is 0 Å². The second kappa shape index (κ2) is 7.29. The van der Waals surface area contributed by atoms with Crippen LogP contribution in [0.15, 0.2) is 63.0 Å². The molecule has 1 aliphatic rings. The number of rotatable bonds is 4. The van der Waals surface area contributed by atoms with Gasteiger partial charge in [-0.3, -0.25) is 9.36 Å². The number of aromatic nitrogens is 2. The van der Waals surface area contributed by atoms with Gasteiger partial charge in [-0.2, -0.15) is 0 Å². The molecule has 0 amide bonds. The first-order valence-electron chi connectivity index (χ1n) is 7.86. The molecule has 1 saturated heterocycles. The lowest BCUT2D eigenvalue weighted by Crippen LogP contribution is -2.22. The average molecular weight is 419 g/mol. The van der Waals surface area contributed by atoms with Crippen molar-refractivity contribution in [3.63, 3.8) is 0 Å². The number of fused-ring (bicyclic) bond motifs is 1. The van der Waals surface area contributed by atoms with Crippen molar-refractivity contribution in [1.29, 1.82) is 0 Å². The summed E-state index contributed by atoms with van der Waals surface area (Å²) in [7, 11) is 0. The van der Waals surface area contributed by atoms with E-state index in [0.717, 1.165) is 10.2 Å². The van der Waals surface area contributed by atoms with Crippen LogP contribution in [0, 0.1) is 0 Å². The number of thioether (sulfide) groups is 1. The van der Waals surface area contributed by atoms with Crippen molar-refractivity contribution in [3.8, 4) is 5.69 Å². The second-order valence-electron chi connectivity index (χ2n) is 5.51. The zero-order chi connectivity index (χ0) is 17.2. The molecule has 3 aromatic rings. The van der Waals surface area contributed by atoms with Gasteiger partial charge in [-0.25, -0.2) is 4.98 Å². The Morgan fingerprint density at radius 1 is 1.12 bits per heavy atom. The van der Waals surface area contributed by atoms with Crippen LogP contribution >= 0.6 is 27.7 Å². The fraction of sp³-hybridized carbons (Fsp3) is 0.222. The van der Waals surface area contributed by atoms with E-state index < -0.39 is 0 Å². The van der Waals surface area contributed by atoms with Crippen LogP contribution in [0.3, 0.4) is 0 Å². The first-order valence-corrected chi connectivity index (χ1v) is 9.64. The van der Waals surface area contributed by atoms with Gasteiger partial charge in [0.2, 0.25) is 0 Å². The number of ether oxygens (including phenoxy) is 2. The molecule has 1 aliphatic heterocycles. The molecular weight excluding hydrogens is 404 g/mol. The molecule has 2 aromatic carbocycles. The molecule has 0 atom stereocenters. The van der Waals surface area contributed by atoms with Crippen LogP contribution in [-0.2, 0) is 9.47 Å². The van der Waals surface area contributed by atoms with Gasteiger partial charge in [-0.1, -0.05) is 39.8 Å². The Hall–Kier alpha value is -1.67. The van der Waals surface area contributed by atoms with Gasteiger partial charge in [0.15, 0.2) is 11.4 Å². The van der Waals surface area contributed by atoms with Gasteiger partial charge < -0.3 is 9.47 Å². The van der Waals surface area contributed by atoms with Crippen LogP contribution in [0.5, 0.6) is 0 Å². The van der Waals surface area contributed by atoms with Crippen LogP contribution in [0.25, 0.3) is 16.6 Å². The predicted octanol–water partition coefficient (Wildman–Crippen LogP) is 3.61. The van der Waals surface area contributed by atoms with Crippen molar-refractivity contribution < 1.29 is 9.47 Å². The Morgan fingerprint density at radius 3 is 2.60 bits per heavy atom. The van der Waals surface area contributed by atoms with Crippen molar-refractivity contribution >= 4 is 38.6 Å². The monoisotopic (exact) mass is 418 g/mol. The summed E-state index contributed by atoms with van der Waals surface area (Å²) in [6.07, 6.45) is -0.258. The first kappa shape index (κ1) is 16.8. The highest BCUT2D eigenvalue weighted by Gasteiger charge is 2.19. The number of halogens is 1. The fourth-order valence-electron chi connectivity index (χ4n) is 2.67. The largest absolute Gasteiger partial charge is 0.349 e. The van der Waals surface area contributed by atoms with E-state index >= 15 is 0 Å². The lowest BCUT2D eigenvalue weighted by molar-refractivity contribution is -0.0215. The summed E-state index contributed by atoms with van der Waals surface area (Å²) in [4.78, 5) is 17.8. The molecule has 5 nitrogen and oxygen atoms in total. The molecule has 2 heterocycles. The van der Waals surface area contributed by atoms with Crippen molar-refractivity contribution in [2.45, 2.75) is 11.4 Å². The van der Waals surface area contributed by atoms with Gasteiger partial charge in [-0.05, 0) is 36.4 Å². The average Bonchev–Trinajstić information content (AvgIpc) is 3.15. The maximum atomic E-state index is 13.1. The number of nitrogens with zero attached hydrogens (tertiary/aromatic N) is 2. The molecule has 25 heavy (non-hydrogen) atoms. The lowest BCUT2D eigenvalue weighted by Gasteiger charge is -2.14. The quantitative estimate of drug-likeness (QED) is 0.478. The van der Waals surface area contributed by atoms with E-state index in [4.69, 9.17) is 14.5 Å². The molecule has 0 unspecified atom stereocenters. The van der Waals surface area contributed by atoms with Crippen molar-refractivity contribution in [1.82, 2.24) is 9.55 Å². The molecule has 0 spiro atoms. The van der Waals surface area contributed by atoms with E-state index in [2.05, 4.69) is 15.9 Å². The highest BCUT2D eigenvalue weighted by Crippen LogP contribution is 2.24. The van der Waals surface area contributed by atoms with Gasteiger partial charge in [0, 0.05) is 4.47 Å². The number of benzene rings is 2. The minimum absolute atomic E-state index is 0.0799. The molecule has 0 radical (unpaired) electrons. The first-order chi connectivity index (χ1) is 12.2. The minimum Gasteiger partial charge on any atom is -0.349 e. The SMILES string of the molecule is O=c1c2ccccc2nc(SCC2OCCO2)n1-c1ccc(Br)cc1. The van der Waals surface area contributed by atoms with E-state index in [1.165, 1.54) is 11.8 Å². The Labute approximate surface area is 157 Å². The maximum absolute atomic E-state index is 13.1. The summed E-state index contributed by atoms with van der Waals surface area (Å²) in [6, 6.07) is 15.0. The summed E-state index contributed by atoms with van der Waals surface area (Å²) >= 11 is 4.89. The predicted molar refractivity (Wildman–Crippen MR) is 101 cm³/mol. The molecule has 0 aliphatic carbocycles. The normalized spacial score (nSPS) is 15.1. The van der Waals surface area contributed by atoms with Crippen LogP contribution < -0.4 is 5.56 Å². The van der Waals surface area contributed by atoms with Crippen LogP contribution in [0.2, 0.25) is 0 Å². The Bertz CT molecular complexity index is 953. The van der Waals surface area contributed by atoms with Crippen molar-refractivity contribution in [2.24, 2.45) is 0 Å². The summed E-state index contributed by atoms with van der Waals surface area (Å²) in [5.74, 6) is 0.585. The summed E-state index contributed by atoms with van der Waals surface area (Å²) in [5.41, 5.74) is 1.39. The van der Waals surface area contributed by atoms with Gasteiger partial charge in [0.25, 0.3) is 5.56 Å². The Morgan fingerprint density at radius 2 is 1.84 bits per heavy atom. The third-order valence-electron chi connectivity index (χ3n) is 3.87. The lowest BCUT2D eigenvalue weighted by atomic mass is 10.2. The standard InChI is InChI=1S/C18H15BrN2O3S/c19-12-5-7-13(8-6-12)21-17(22)14-3-1-2-4-15(14)20-18(21)25-11-16-23-9-10-24-16/h1-8,16H,9-11H2. The summed E-state index contributed by atoms with van der Waals surface area (Å²) in [6.45, 7) is 1.21. The molecule has 0 N–H and O–H groups in total. The van der Waals surface area contributed by atoms with E-state index in [-0.39, 0.29) is 11.8 Å². The molecule has 1 aromatic heterocycles. The van der Waals surface area contributed by atoms with Crippen molar-refractivity contribution in [3.05, 3.63) is 63.4 Å². The third-order valence-corrected chi connectivity index (χ3v) is 5.37.